The van der Waals surface area contributed by atoms with E-state index in [1.165, 1.54) is 24.3 Å². The number of carbonyl (C=O) groups is 1. The van der Waals surface area contributed by atoms with E-state index in [0.717, 1.165) is 0 Å². The molecule has 0 spiro atoms. The van der Waals surface area contributed by atoms with Crippen LogP contribution in [0.2, 0.25) is 0 Å². The number of ether oxygens (including phenoxy) is 2. The van der Waals surface area contributed by atoms with Crippen molar-refractivity contribution in [1.82, 2.24) is 5.32 Å². The highest BCUT2D eigenvalue weighted by molar-refractivity contribution is 8.00. The van der Waals surface area contributed by atoms with Crippen LogP contribution in [-0.4, -0.2) is 36.5 Å². The van der Waals surface area contributed by atoms with Gasteiger partial charge in [0.1, 0.15) is 6.10 Å². The first-order valence-corrected chi connectivity index (χ1v) is 7.42. The zero-order valence-corrected chi connectivity index (χ0v) is 12.9. The summed E-state index contributed by atoms with van der Waals surface area (Å²) in [5.74, 6) is -1.02. The zero-order valence-electron chi connectivity index (χ0n) is 12.1. The number of rotatable bonds is 4. The summed E-state index contributed by atoms with van der Waals surface area (Å²) in [4.78, 5) is 12.0. The Morgan fingerprint density at radius 2 is 2.00 bits per heavy atom. The minimum Gasteiger partial charge on any atom is -0.349 e. The third-order valence-corrected chi connectivity index (χ3v) is 3.65. The van der Waals surface area contributed by atoms with Crippen LogP contribution in [0, 0.1) is 0 Å². The SMILES string of the molecule is CC1(C)OCC(CNC(=O)c2ccc(SC(F)(F)F)cc2)O1. The molecule has 1 N–H and O–H groups in total. The van der Waals surface area contributed by atoms with Crippen molar-refractivity contribution < 1.29 is 27.4 Å². The second kappa shape index (κ2) is 6.47. The number of halogens is 3. The fraction of sp³-hybridized carbons (Fsp3) is 0.500. The predicted molar refractivity (Wildman–Crippen MR) is 75.6 cm³/mol. The largest absolute Gasteiger partial charge is 0.446 e. The Morgan fingerprint density at radius 1 is 1.36 bits per heavy atom. The normalized spacial score (nSPS) is 20.9. The lowest BCUT2D eigenvalue weighted by atomic mass is 10.2. The van der Waals surface area contributed by atoms with Gasteiger partial charge in [-0.3, -0.25) is 4.79 Å². The third-order valence-electron chi connectivity index (χ3n) is 2.91. The molecular weight excluding hydrogens is 319 g/mol. The summed E-state index contributed by atoms with van der Waals surface area (Å²) < 4.78 is 47.6. The summed E-state index contributed by atoms with van der Waals surface area (Å²) in [7, 11) is 0. The van der Waals surface area contributed by atoms with Gasteiger partial charge >= 0.3 is 5.51 Å². The second-order valence-electron chi connectivity index (χ2n) is 5.23. The lowest BCUT2D eigenvalue weighted by Gasteiger charge is -2.17. The number of nitrogens with one attached hydrogen (secondary N) is 1. The van der Waals surface area contributed by atoms with Crippen LogP contribution >= 0.6 is 11.8 Å². The van der Waals surface area contributed by atoms with E-state index in [-0.39, 0.29) is 35.2 Å². The number of carbonyl (C=O) groups excluding carboxylic acids is 1. The topological polar surface area (TPSA) is 47.6 Å². The van der Waals surface area contributed by atoms with Crippen molar-refractivity contribution in [3.63, 3.8) is 0 Å². The van der Waals surface area contributed by atoms with Crippen LogP contribution < -0.4 is 5.32 Å². The van der Waals surface area contributed by atoms with Crippen LogP contribution in [0.4, 0.5) is 13.2 Å². The van der Waals surface area contributed by atoms with Gasteiger partial charge in [-0.05, 0) is 49.9 Å². The van der Waals surface area contributed by atoms with Crippen LogP contribution in [-0.2, 0) is 9.47 Å². The van der Waals surface area contributed by atoms with Gasteiger partial charge in [0.2, 0.25) is 0 Å². The second-order valence-corrected chi connectivity index (χ2v) is 6.37. The maximum Gasteiger partial charge on any atom is 0.446 e. The molecule has 8 heteroatoms. The van der Waals surface area contributed by atoms with Crippen LogP contribution in [0.25, 0.3) is 0 Å². The van der Waals surface area contributed by atoms with Crippen molar-refractivity contribution in [2.75, 3.05) is 13.2 Å². The number of thioether (sulfide) groups is 1. The molecular formula is C14H16F3NO3S. The highest BCUT2D eigenvalue weighted by Gasteiger charge is 2.32. The Kier molecular flexibility index (Phi) is 5.03. The van der Waals surface area contributed by atoms with E-state index in [1.807, 2.05) is 0 Å². The molecule has 1 aliphatic heterocycles. The van der Waals surface area contributed by atoms with E-state index >= 15 is 0 Å². The number of alkyl halides is 3. The molecule has 1 heterocycles. The molecule has 122 valence electrons. The number of hydrogen-bond acceptors (Lipinski definition) is 4. The van der Waals surface area contributed by atoms with Crippen LogP contribution in [0.5, 0.6) is 0 Å². The average Bonchev–Trinajstić information content (AvgIpc) is 2.74. The summed E-state index contributed by atoms with van der Waals surface area (Å²) >= 11 is -0.214. The highest BCUT2D eigenvalue weighted by atomic mass is 32.2. The molecule has 1 aromatic carbocycles. The van der Waals surface area contributed by atoms with Crippen molar-refractivity contribution in [3.8, 4) is 0 Å². The number of benzene rings is 1. The Balaban J connectivity index is 1.85. The maximum absolute atomic E-state index is 12.2. The van der Waals surface area contributed by atoms with Gasteiger partial charge in [0, 0.05) is 17.0 Å². The third kappa shape index (κ3) is 5.19. The summed E-state index contributed by atoms with van der Waals surface area (Å²) in [6.07, 6.45) is -0.237. The van der Waals surface area contributed by atoms with Gasteiger partial charge in [-0.25, -0.2) is 0 Å². The molecule has 1 unspecified atom stereocenters. The molecule has 1 saturated heterocycles. The molecule has 1 amide bonds. The molecule has 2 rings (SSSR count). The van der Waals surface area contributed by atoms with Crippen molar-refractivity contribution in [1.29, 1.82) is 0 Å². The van der Waals surface area contributed by atoms with Gasteiger partial charge in [0.25, 0.3) is 5.91 Å². The molecule has 0 aliphatic carbocycles. The van der Waals surface area contributed by atoms with Gasteiger partial charge in [-0.2, -0.15) is 13.2 Å². The molecule has 22 heavy (non-hydrogen) atoms. The van der Waals surface area contributed by atoms with Crippen molar-refractivity contribution in [2.24, 2.45) is 0 Å². The molecule has 1 fully saturated rings. The van der Waals surface area contributed by atoms with Gasteiger partial charge in [0.15, 0.2) is 5.79 Å². The quantitative estimate of drug-likeness (QED) is 0.859. The lowest BCUT2D eigenvalue weighted by Crippen LogP contribution is -2.34. The van der Waals surface area contributed by atoms with Crippen LogP contribution in [0.1, 0.15) is 24.2 Å². The monoisotopic (exact) mass is 335 g/mol. The van der Waals surface area contributed by atoms with Gasteiger partial charge in [0.05, 0.1) is 6.61 Å². The molecule has 0 saturated carbocycles. The smallest absolute Gasteiger partial charge is 0.349 e. The zero-order chi connectivity index (χ0) is 16.4. The summed E-state index contributed by atoms with van der Waals surface area (Å²) in [5, 5.41) is 2.67. The Morgan fingerprint density at radius 3 is 2.50 bits per heavy atom. The average molecular weight is 335 g/mol. The standard InChI is InChI=1S/C14H16F3NO3S/c1-13(2)20-8-10(21-13)7-18-12(19)9-3-5-11(6-4-9)22-14(15,16)17/h3-6,10H,7-8H2,1-2H3,(H,18,19). The summed E-state index contributed by atoms with van der Waals surface area (Å²) in [6, 6.07) is 5.26. The Hall–Kier alpha value is -1.25. The van der Waals surface area contributed by atoms with Crippen molar-refractivity contribution in [2.45, 2.75) is 36.1 Å². The lowest BCUT2D eigenvalue weighted by molar-refractivity contribution is -0.137. The molecule has 4 nitrogen and oxygen atoms in total. The van der Waals surface area contributed by atoms with Gasteiger partial charge < -0.3 is 14.8 Å². The van der Waals surface area contributed by atoms with E-state index in [1.54, 1.807) is 13.8 Å². The van der Waals surface area contributed by atoms with Crippen LogP contribution in [0.15, 0.2) is 29.2 Å². The van der Waals surface area contributed by atoms with Crippen molar-refractivity contribution >= 4 is 17.7 Å². The molecule has 0 bridgehead atoms. The minimum atomic E-state index is -4.34. The molecule has 1 aliphatic rings. The van der Waals surface area contributed by atoms with E-state index in [0.29, 0.717) is 12.2 Å². The van der Waals surface area contributed by atoms with E-state index in [2.05, 4.69) is 5.32 Å². The van der Waals surface area contributed by atoms with E-state index < -0.39 is 11.3 Å². The highest BCUT2D eigenvalue weighted by Crippen LogP contribution is 2.36. The fourth-order valence-electron chi connectivity index (χ4n) is 1.98. The molecule has 0 aromatic heterocycles. The first-order chi connectivity index (χ1) is 10.1. The number of amides is 1. The summed E-state index contributed by atoms with van der Waals surface area (Å²) in [6.45, 7) is 4.23. The van der Waals surface area contributed by atoms with Crippen LogP contribution in [0.3, 0.4) is 0 Å². The number of hydrogen-bond donors (Lipinski definition) is 1. The predicted octanol–water partition coefficient (Wildman–Crippen LogP) is 3.18. The maximum atomic E-state index is 12.2. The van der Waals surface area contributed by atoms with Gasteiger partial charge in [-0.1, -0.05) is 0 Å². The Labute approximate surface area is 130 Å². The van der Waals surface area contributed by atoms with Crippen molar-refractivity contribution in [3.05, 3.63) is 29.8 Å². The van der Waals surface area contributed by atoms with Gasteiger partial charge in [-0.15, -0.1) is 0 Å². The summed E-state index contributed by atoms with van der Waals surface area (Å²) in [5.41, 5.74) is -4.04. The molecule has 1 atom stereocenters. The minimum absolute atomic E-state index is 0.0401. The fourth-order valence-corrected chi connectivity index (χ4v) is 2.52. The molecule has 1 aromatic rings. The Bertz CT molecular complexity index is 531. The molecule has 0 radical (unpaired) electrons. The first-order valence-electron chi connectivity index (χ1n) is 6.60. The van der Waals surface area contributed by atoms with E-state index in [9.17, 15) is 18.0 Å². The van der Waals surface area contributed by atoms with E-state index in [4.69, 9.17) is 9.47 Å². The first kappa shape index (κ1) is 17.1.